The second-order valence-corrected chi connectivity index (χ2v) is 5.70. The molecule has 2 nitrogen and oxygen atoms in total. The maximum absolute atomic E-state index is 4.68. The summed E-state index contributed by atoms with van der Waals surface area (Å²) in [6.45, 7) is 2.09. The molecule has 0 aromatic heterocycles. The molecule has 1 aliphatic heterocycles. The van der Waals surface area contributed by atoms with Gasteiger partial charge in [0.1, 0.15) is 0 Å². The van der Waals surface area contributed by atoms with Crippen molar-refractivity contribution in [1.29, 1.82) is 0 Å². The zero-order chi connectivity index (χ0) is 13.2. The molecule has 19 heavy (non-hydrogen) atoms. The molecule has 0 amide bonds. The fourth-order valence-electron chi connectivity index (χ4n) is 2.43. The van der Waals surface area contributed by atoms with Crippen molar-refractivity contribution in [3.8, 4) is 0 Å². The Bertz CT molecular complexity index is 590. The van der Waals surface area contributed by atoms with E-state index in [0.29, 0.717) is 6.04 Å². The fourth-order valence-corrected chi connectivity index (χ4v) is 2.69. The third-order valence-electron chi connectivity index (χ3n) is 3.34. The van der Waals surface area contributed by atoms with E-state index in [-0.39, 0.29) is 0 Å². The second-order valence-electron chi connectivity index (χ2n) is 4.79. The lowest BCUT2D eigenvalue weighted by molar-refractivity contribution is 0.708. The minimum atomic E-state index is 0.308. The topological polar surface area (TPSA) is 15.6 Å². The van der Waals surface area contributed by atoms with Crippen LogP contribution in [0.2, 0.25) is 0 Å². The molecule has 0 radical (unpaired) electrons. The van der Waals surface area contributed by atoms with E-state index in [0.717, 1.165) is 16.6 Å². The highest BCUT2D eigenvalue weighted by Crippen LogP contribution is 2.35. The predicted octanol–water partition coefficient (Wildman–Crippen LogP) is 4.78. The van der Waals surface area contributed by atoms with E-state index in [1.165, 1.54) is 11.3 Å². The lowest BCUT2D eigenvalue weighted by Crippen LogP contribution is -2.18. The molecule has 0 bridgehead atoms. The summed E-state index contributed by atoms with van der Waals surface area (Å²) >= 11 is 3.47. The lowest BCUT2D eigenvalue weighted by atomic mass is 10.0. The molecule has 2 aromatic carbocycles. The number of halogens is 1. The Morgan fingerprint density at radius 3 is 2.42 bits per heavy atom. The van der Waals surface area contributed by atoms with Crippen molar-refractivity contribution in [3.63, 3.8) is 0 Å². The molecular formula is C16H15BrN2. The van der Waals surface area contributed by atoms with Crippen molar-refractivity contribution in [2.45, 2.75) is 19.4 Å². The summed E-state index contributed by atoms with van der Waals surface area (Å²) in [7, 11) is 0. The van der Waals surface area contributed by atoms with Gasteiger partial charge in [-0.15, -0.1) is 0 Å². The maximum Gasteiger partial charge on any atom is 0.0828 e. The van der Waals surface area contributed by atoms with Crippen molar-refractivity contribution in [3.05, 3.63) is 64.6 Å². The summed E-state index contributed by atoms with van der Waals surface area (Å²) in [4.78, 5) is 0. The van der Waals surface area contributed by atoms with Crippen molar-refractivity contribution < 1.29 is 0 Å². The summed E-state index contributed by atoms with van der Waals surface area (Å²) in [5.41, 5.74) is 3.62. The Kier molecular flexibility index (Phi) is 3.38. The first-order valence-corrected chi connectivity index (χ1v) is 7.17. The van der Waals surface area contributed by atoms with Crippen molar-refractivity contribution in [2.24, 2.45) is 5.10 Å². The van der Waals surface area contributed by atoms with Gasteiger partial charge in [0.05, 0.1) is 11.7 Å². The zero-order valence-electron chi connectivity index (χ0n) is 10.8. The highest BCUT2D eigenvalue weighted by molar-refractivity contribution is 9.10. The lowest BCUT2D eigenvalue weighted by Gasteiger charge is -2.24. The average Bonchev–Trinajstić information content (AvgIpc) is 2.83. The molecule has 0 spiro atoms. The van der Waals surface area contributed by atoms with Crippen LogP contribution in [0, 0.1) is 0 Å². The standard InChI is InChI=1S/C16H15BrN2/c1-12-11-16(13-5-3-2-4-6-13)19(18-12)15-9-7-14(17)8-10-15/h2-10,16H,11H2,1H3. The van der Waals surface area contributed by atoms with Gasteiger partial charge in [0.25, 0.3) is 0 Å². The predicted molar refractivity (Wildman–Crippen MR) is 83.5 cm³/mol. The van der Waals surface area contributed by atoms with Gasteiger partial charge in [-0.25, -0.2) is 0 Å². The van der Waals surface area contributed by atoms with Crippen LogP contribution >= 0.6 is 15.9 Å². The fraction of sp³-hybridized carbons (Fsp3) is 0.188. The smallest absolute Gasteiger partial charge is 0.0828 e. The Morgan fingerprint density at radius 2 is 1.74 bits per heavy atom. The van der Waals surface area contributed by atoms with Crippen molar-refractivity contribution >= 4 is 27.3 Å². The minimum Gasteiger partial charge on any atom is -0.258 e. The van der Waals surface area contributed by atoms with Gasteiger partial charge in [0, 0.05) is 16.6 Å². The van der Waals surface area contributed by atoms with E-state index < -0.39 is 0 Å². The number of rotatable bonds is 2. The molecule has 1 heterocycles. The van der Waals surface area contributed by atoms with Crippen LogP contribution in [-0.4, -0.2) is 5.71 Å². The van der Waals surface area contributed by atoms with Gasteiger partial charge >= 0.3 is 0 Å². The molecule has 0 saturated carbocycles. The average molecular weight is 315 g/mol. The Labute approximate surface area is 121 Å². The van der Waals surface area contributed by atoms with E-state index in [1.54, 1.807) is 0 Å². The first-order valence-electron chi connectivity index (χ1n) is 6.38. The van der Waals surface area contributed by atoms with Gasteiger partial charge in [-0.3, -0.25) is 5.01 Å². The Balaban J connectivity index is 1.96. The molecule has 0 N–H and O–H groups in total. The van der Waals surface area contributed by atoms with Gasteiger partial charge in [0.15, 0.2) is 0 Å². The van der Waals surface area contributed by atoms with Crippen LogP contribution in [0.3, 0.4) is 0 Å². The molecule has 0 fully saturated rings. The Hall–Kier alpha value is -1.61. The molecule has 0 saturated heterocycles. The molecule has 2 aromatic rings. The molecule has 0 aliphatic carbocycles. The maximum atomic E-state index is 4.68. The first-order chi connectivity index (χ1) is 9.24. The van der Waals surface area contributed by atoms with Crippen molar-refractivity contribution in [1.82, 2.24) is 0 Å². The molecule has 1 atom stereocenters. The number of benzene rings is 2. The number of hydrogen-bond donors (Lipinski definition) is 0. The van der Waals surface area contributed by atoms with E-state index in [4.69, 9.17) is 0 Å². The summed E-state index contributed by atoms with van der Waals surface area (Å²) < 4.78 is 1.09. The molecule has 1 aliphatic rings. The normalized spacial score (nSPS) is 18.5. The van der Waals surface area contributed by atoms with E-state index in [2.05, 4.69) is 87.6 Å². The van der Waals surface area contributed by atoms with Crippen LogP contribution in [0.5, 0.6) is 0 Å². The highest BCUT2D eigenvalue weighted by atomic mass is 79.9. The number of anilines is 1. The Morgan fingerprint density at radius 1 is 1.05 bits per heavy atom. The quantitative estimate of drug-likeness (QED) is 0.779. The third-order valence-corrected chi connectivity index (χ3v) is 3.87. The summed E-state index contributed by atoms with van der Waals surface area (Å²) in [6, 6.07) is 19.2. The zero-order valence-corrected chi connectivity index (χ0v) is 12.3. The first kappa shape index (κ1) is 12.4. The van der Waals surface area contributed by atoms with Gasteiger partial charge in [-0.2, -0.15) is 5.10 Å². The third kappa shape index (κ3) is 2.56. The van der Waals surface area contributed by atoms with Crippen LogP contribution in [-0.2, 0) is 0 Å². The van der Waals surface area contributed by atoms with Gasteiger partial charge in [-0.1, -0.05) is 46.3 Å². The van der Waals surface area contributed by atoms with Crippen molar-refractivity contribution in [2.75, 3.05) is 5.01 Å². The summed E-state index contributed by atoms with van der Waals surface area (Å²) in [6.07, 6.45) is 0.986. The van der Waals surface area contributed by atoms with E-state index in [1.807, 2.05) is 0 Å². The SMILES string of the molecule is CC1=NN(c2ccc(Br)cc2)C(c2ccccc2)C1. The van der Waals surface area contributed by atoms with Crippen LogP contribution in [0.1, 0.15) is 24.9 Å². The van der Waals surface area contributed by atoms with Crippen LogP contribution in [0.15, 0.2) is 64.2 Å². The van der Waals surface area contributed by atoms with Gasteiger partial charge in [0.2, 0.25) is 0 Å². The highest BCUT2D eigenvalue weighted by Gasteiger charge is 2.26. The monoisotopic (exact) mass is 314 g/mol. The van der Waals surface area contributed by atoms with E-state index in [9.17, 15) is 0 Å². The molecule has 1 unspecified atom stereocenters. The minimum absolute atomic E-state index is 0.308. The van der Waals surface area contributed by atoms with E-state index >= 15 is 0 Å². The molecular weight excluding hydrogens is 300 g/mol. The number of nitrogens with zero attached hydrogens (tertiary/aromatic N) is 2. The number of hydrazone groups is 1. The van der Waals surface area contributed by atoms with Gasteiger partial charge in [-0.05, 0) is 36.8 Å². The van der Waals surface area contributed by atoms with Crippen LogP contribution in [0.25, 0.3) is 0 Å². The second kappa shape index (κ2) is 5.17. The van der Waals surface area contributed by atoms with Crippen LogP contribution in [0.4, 0.5) is 5.69 Å². The summed E-state index contributed by atoms with van der Waals surface area (Å²) in [5.74, 6) is 0. The largest absolute Gasteiger partial charge is 0.258 e. The van der Waals surface area contributed by atoms with Gasteiger partial charge < -0.3 is 0 Å². The van der Waals surface area contributed by atoms with Crippen LogP contribution < -0.4 is 5.01 Å². The number of hydrogen-bond acceptors (Lipinski definition) is 2. The molecule has 3 rings (SSSR count). The molecule has 3 heteroatoms. The summed E-state index contributed by atoms with van der Waals surface area (Å²) in [5, 5.41) is 6.80. The molecule has 96 valence electrons.